The van der Waals surface area contributed by atoms with E-state index in [2.05, 4.69) is 0 Å². The van der Waals surface area contributed by atoms with Crippen molar-refractivity contribution in [3.05, 3.63) is 52.3 Å². The van der Waals surface area contributed by atoms with Crippen LogP contribution in [0.25, 0.3) is 0 Å². The van der Waals surface area contributed by atoms with Crippen molar-refractivity contribution >= 4 is 0 Å². The van der Waals surface area contributed by atoms with Gasteiger partial charge in [0.25, 0.3) is 0 Å². The Kier molecular flexibility index (Phi) is 3.70. The standard InChI is InChI=1S/C19H23NO5/c1-23-13-5-4-12-6-7-20(22)11-16(21)14-8-17(24-2)18(25-3)9-15(14)19(12,20)10-13/h4-6,8-9,13,16,21H,7,10-11H2,1-3H3/t13-,16+,19-,20-/m0/s1. The van der Waals surface area contributed by atoms with Gasteiger partial charge in [0.1, 0.15) is 12.6 Å². The maximum Gasteiger partial charge on any atom is 0.161 e. The van der Waals surface area contributed by atoms with E-state index in [9.17, 15) is 10.3 Å². The number of quaternary nitrogens is 1. The lowest BCUT2D eigenvalue weighted by Gasteiger charge is -2.59. The van der Waals surface area contributed by atoms with Crippen molar-refractivity contribution in [3.63, 3.8) is 0 Å². The van der Waals surface area contributed by atoms with Gasteiger partial charge in [-0.3, -0.25) is 0 Å². The molecule has 0 fully saturated rings. The molecule has 0 unspecified atom stereocenters. The quantitative estimate of drug-likeness (QED) is 0.672. The van der Waals surface area contributed by atoms with Crippen molar-refractivity contribution in [3.8, 4) is 11.5 Å². The Morgan fingerprint density at radius 2 is 1.92 bits per heavy atom. The van der Waals surface area contributed by atoms with Gasteiger partial charge in [-0.05, 0) is 23.8 Å². The molecule has 2 heterocycles. The Labute approximate surface area is 147 Å². The van der Waals surface area contributed by atoms with E-state index in [4.69, 9.17) is 14.2 Å². The molecule has 3 aliphatic rings. The number of aliphatic hydroxyl groups is 1. The van der Waals surface area contributed by atoms with Gasteiger partial charge in [-0.1, -0.05) is 12.2 Å². The fourth-order valence-corrected chi connectivity index (χ4v) is 4.65. The summed E-state index contributed by atoms with van der Waals surface area (Å²) in [6.07, 6.45) is 5.56. The summed E-state index contributed by atoms with van der Waals surface area (Å²) >= 11 is 0. The summed E-state index contributed by atoms with van der Waals surface area (Å²) < 4.78 is 15.9. The Morgan fingerprint density at radius 1 is 1.20 bits per heavy atom. The van der Waals surface area contributed by atoms with E-state index in [1.165, 1.54) is 0 Å². The second kappa shape index (κ2) is 5.57. The van der Waals surface area contributed by atoms with Gasteiger partial charge in [-0.15, -0.1) is 0 Å². The van der Waals surface area contributed by atoms with Crippen LogP contribution in [0.5, 0.6) is 11.5 Å². The number of ether oxygens (including phenoxy) is 3. The van der Waals surface area contributed by atoms with Gasteiger partial charge < -0.3 is 29.2 Å². The molecule has 0 amide bonds. The third-order valence-electron chi connectivity index (χ3n) is 5.90. The van der Waals surface area contributed by atoms with Crippen molar-refractivity contribution in [2.75, 3.05) is 34.4 Å². The molecule has 25 heavy (non-hydrogen) atoms. The molecule has 6 nitrogen and oxygen atoms in total. The van der Waals surface area contributed by atoms with Crippen LogP contribution in [0.4, 0.5) is 0 Å². The van der Waals surface area contributed by atoms with Crippen molar-refractivity contribution in [2.45, 2.75) is 24.2 Å². The zero-order chi connectivity index (χ0) is 17.8. The van der Waals surface area contributed by atoms with Gasteiger partial charge in [-0.25, -0.2) is 0 Å². The summed E-state index contributed by atoms with van der Waals surface area (Å²) in [6.45, 7) is 0.466. The largest absolute Gasteiger partial charge is 0.632 e. The van der Waals surface area contributed by atoms with Crippen molar-refractivity contribution in [1.29, 1.82) is 0 Å². The first-order chi connectivity index (χ1) is 12.0. The third-order valence-corrected chi connectivity index (χ3v) is 5.90. The number of hydroxylamine groups is 3. The van der Waals surface area contributed by atoms with E-state index in [0.29, 0.717) is 24.5 Å². The molecule has 0 radical (unpaired) electrons. The SMILES string of the molecule is COc1cc2c(cc1OC)[C@]13C[C@@H](OC)C=CC1=CC[N@+]3([O-])C[C@H]2O. The summed E-state index contributed by atoms with van der Waals surface area (Å²) in [5.74, 6) is 1.12. The minimum absolute atomic E-state index is 0.118. The van der Waals surface area contributed by atoms with Crippen LogP contribution in [0.15, 0.2) is 35.9 Å². The van der Waals surface area contributed by atoms with Gasteiger partial charge in [0, 0.05) is 24.7 Å². The van der Waals surface area contributed by atoms with Crippen LogP contribution in [-0.2, 0) is 10.3 Å². The smallest absolute Gasteiger partial charge is 0.161 e. The average molecular weight is 345 g/mol. The molecule has 1 aromatic rings. The summed E-state index contributed by atoms with van der Waals surface area (Å²) in [6, 6.07) is 3.65. The Morgan fingerprint density at radius 3 is 2.60 bits per heavy atom. The van der Waals surface area contributed by atoms with Crippen LogP contribution in [0.1, 0.15) is 23.7 Å². The Bertz CT molecular complexity index is 773. The number of rotatable bonds is 3. The molecule has 6 heteroatoms. The van der Waals surface area contributed by atoms with E-state index < -0.39 is 16.3 Å². The van der Waals surface area contributed by atoms with E-state index in [-0.39, 0.29) is 12.6 Å². The fourth-order valence-electron chi connectivity index (χ4n) is 4.65. The van der Waals surface area contributed by atoms with Crippen LogP contribution in [-0.4, -0.2) is 50.3 Å². The molecule has 2 aliphatic heterocycles. The number of benzene rings is 1. The highest BCUT2D eigenvalue weighted by Crippen LogP contribution is 2.57. The molecule has 0 saturated heterocycles. The predicted molar refractivity (Wildman–Crippen MR) is 92.2 cm³/mol. The fraction of sp³-hybridized carbons (Fsp3) is 0.474. The third kappa shape index (κ3) is 2.05. The summed E-state index contributed by atoms with van der Waals surface area (Å²) in [4.78, 5) is 0. The molecule has 1 spiro atoms. The average Bonchev–Trinajstić information content (AvgIpc) is 2.93. The van der Waals surface area contributed by atoms with Crippen LogP contribution >= 0.6 is 0 Å². The van der Waals surface area contributed by atoms with Gasteiger partial charge in [0.05, 0.1) is 26.9 Å². The Hall–Kier alpha value is -1.86. The maximum absolute atomic E-state index is 13.8. The van der Waals surface area contributed by atoms with Gasteiger partial charge in [0.15, 0.2) is 17.0 Å². The first kappa shape index (κ1) is 16.6. The molecular weight excluding hydrogens is 322 g/mol. The number of hydrogen-bond donors (Lipinski definition) is 1. The minimum Gasteiger partial charge on any atom is -0.632 e. The molecule has 0 saturated carbocycles. The summed E-state index contributed by atoms with van der Waals surface area (Å²) in [7, 11) is 4.80. The Balaban J connectivity index is 1.99. The van der Waals surface area contributed by atoms with Crippen LogP contribution in [0.2, 0.25) is 0 Å². The van der Waals surface area contributed by atoms with E-state index in [0.717, 1.165) is 16.7 Å². The molecular formula is C19H23NO5. The molecule has 4 atom stereocenters. The lowest BCUT2D eigenvalue weighted by molar-refractivity contribution is -0.930. The van der Waals surface area contributed by atoms with Gasteiger partial charge >= 0.3 is 0 Å². The van der Waals surface area contributed by atoms with Crippen LogP contribution in [0, 0.1) is 5.21 Å². The zero-order valence-corrected chi connectivity index (χ0v) is 14.7. The topological polar surface area (TPSA) is 71.0 Å². The normalized spacial score (nSPS) is 35.5. The summed E-state index contributed by atoms with van der Waals surface area (Å²) in [5.41, 5.74) is 1.77. The molecule has 4 rings (SSSR count). The van der Waals surface area contributed by atoms with Crippen LogP contribution in [0.3, 0.4) is 0 Å². The monoisotopic (exact) mass is 345 g/mol. The van der Waals surface area contributed by atoms with Gasteiger partial charge in [-0.2, -0.15) is 0 Å². The highest BCUT2D eigenvalue weighted by atomic mass is 16.6. The maximum atomic E-state index is 13.8. The van der Waals surface area contributed by atoms with Crippen LogP contribution < -0.4 is 9.47 Å². The van der Waals surface area contributed by atoms with E-state index >= 15 is 0 Å². The second-order valence-corrected chi connectivity index (χ2v) is 6.92. The van der Waals surface area contributed by atoms with E-state index in [1.54, 1.807) is 27.4 Å². The minimum atomic E-state index is -0.836. The number of nitrogens with zero attached hydrogens (tertiary/aromatic N) is 1. The highest BCUT2D eigenvalue weighted by Gasteiger charge is 2.59. The van der Waals surface area contributed by atoms with Crippen molar-refractivity contribution in [2.24, 2.45) is 0 Å². The van der Waals surface area contributed by atoms with Crippen molar-refractivity contribution in [1.82, 2.24) is 0 Å². The molecule has 0 aromatic heterocycles. The molecule has 0 bridgehead atoms. The zero-order valence-electron chi connectivity index (χ0n) is 14.7. The number of fused-ring (bicyclic) bond motifs is 1. The molecule has 1 aromatic carbocycles. The van der Waals surface area contributed by atoms with Crippen molar-refractivity contribution < 1.29 is 24.0 Å². The first-order valence-corrected chi connectivity index (χ1v) is 8.43. The van der Waals surface area contributed by atoms with Gasteiger partial charge in [0.2, 0.25) is 0 Å². The predicted octanol–water partition coefficient (Wildman–Crippen LogP) is 2.18. The molecule has 1 N–H and O–H groups in total. The lowest BCUT2D eigenvalue weighted by atomic mass is 9.70. The number of methoxy groups -OCH3 is 3. The second-order valence-electron chi connectivity index (χ2n) is 6.92. The number of aliphatic hydroxyl groups excluding tert-OH is 1. The number of hydrogen-bond acceptors (Lipinski definition) is 5. The summed E-state index contributed by atoms with van der Waals surface area (Å²) in [5, 5.41) is 24.5. The molecule has 1 aliphatic carbocycles. The highest BCUT2D eigenvalue weighted by molar-refractivity contribution is 5.56. The molecule has 134 valence electrons. The lowest BCUT2D eigenvalue weighted by Crippen LogP contribution is -2.62. The van der Waals surface area contributed by atoms with E-state index in [1.807, 2.05) is 24.3 Å². The first-order valence-electron chi connectivity index (χ1n) is 8.43.